The first-order valence-electron chi connectivity index (χ1n) is 2.70. The van der Waals surface area contributed by atoms with E-state index in [-0.39, 0.29) is 6.42 Å². The molecular formula is C5H6N2O4. The zero-order valence-electron chi connectivity index (χ0n) is 5.52. The van der Waals surface area contributed by atoms with Crippen LogP contribution in [0.1, 0.15) is 6.42 Å². The van der Waals surface area contributed by atoms with Gasteiger partial charge in [-0.3, -0.25) is 0 Å². The summed E-state index contributed by atoms with van der Waals surface area (Å²) in [4.78, 5) is 24.9. The van der Waals surface area contributed by atoms with Crippen LogP contribution in [0.15, 0.2) is 9.98 Å². The Morgan fingerprint density at radius 1 is 1.27 bits per heavy atom. The first kappa shape index (κ1) is 9.68. The molecule has 0 amide bonds. The Kier molecular flexibility index (Phi) is 3.95. The number of aliphatic hydroxyl groups is 2. The Balaban J connectivity index is 4.49. The number of hydrogen-bond donors (Lipinski definition) is 2. The maximum atomic E-state index is 9.65. The molecule has 0 aliphatic heterocycles. The van der Waals surface area contributed by atoms with Gasteiger partial charge in [0.25, 0.3) is 5.85 Å². The molecule has 60 valence electrons. The van der Waals surface area contributed by atoms with Crippen LogP contribution < -0.4 is 0 Å². The summed E-state index contributed by atoms with van der Waals surface area (Å²) < 4.78 is 0. The van der Waals surface area contributed by atoms with Crippen LogP contribution in [0.4, 0.5) is 0 Å². The van der Waals surface area contributed by atoms with Crippen LogP contribution >= 0.6 is 0 Å². The molecule has 2 N–H and O–H groups in total. The SMILES string of the molecule is O=C=NC(O)(CCO)N=C=O. The molecule has 0 saturated heterocycles. The Morgan fingerprint density at radius 3 is 2.00 bits per heavy atom. The van der Waals surface area contributed by atoms with Crippen LogP contribution in [0.25, 0.3) is 0 Å². The Morgan fingerprint density at radius 2 is 1.73 bits per heavy atom. The lowest BCUT2D eigenvalue weighted by molar-refractivity contribution is 0.0330. The molecule has 6 heteroatoms. The van der Waals surface area contributed by atoms with Crippen LogP contribution in [0.2, 0.25) is 0 Å². The molecule has 0 saturated carbocycles. The average Bonchev–Trinajstić information content (AvgIpc) is 1.88. The second-order valence-corrected chi connectivity index (χ2v) is 1.65. The molecule has 0 rings (SSSR count). The highest BCUT2D eigenvalue weighted by Gasteiger charge is 2.24. The lowest BCUT2D eigenvalue weighted by atomic mass is 10.3. The molecule has 0 heterocycles. The van der Waals surface area contributed by atoms with E-state index in [0.717, 1.165) is 12.2 Å². The van der Waals surface area contributed by atoms with E-state index in [9.17, 15) is 9.59 Å². The first-order valence-corrected chi connectivity index (χ1v) is 2.70. The maximum absolute atomic E-state index is 9.65. The van der Waals surface area contributed by atoms with E-state index in [4.69, 9.17) is 10.2 Å². The van der Waals surface area contributed by atoms with E-state index >= 15 is 0 Å². The van der Waals surface area contributed by atoms with Crippen LogP contribution in [-0.4, -0.2) is 34.8 Å². The summed E-state index contributed by atoms with van der Waals surface area (Å²) in [5.74, 6) is -2.20. The third-order valence-corrected chi connectivity index (χ3v) is 0.897. The molecule has 0 radical (unpaired) electrons. The quantitative estimate of drug-likeness (QED) is 0.391. The van der Waals surface area contributed by atoms with E-state index in [1.807, 2.05) is 0 Å². The minimum Gasteiger partial charge on any atom is -0.396 e. The van der Waals surface area contributed by atoms with Crippen molar-refractivity contribution >= 4 is 12.2 Å². The number of nitrogens with zero attached hydrogens (tertiary/aromatic N) is 2. The van der Waals surface area contributed by atoms with E-state index in [1.165, 1.54) is 0 Å². The normalized spacial score (nSPS) is 14.0. The average molecular weight is 158 g/mol. The van der Waals surface area contributed by atoms with E-state index in [0.29, 0.717) is 0 Å². The van der Waals surface area contributed by atoms with Gasteiger partial charge in [-0.1, -0.05) is 0 Å². The van der Waals surface area contributed by atoms with Crippen molar-refractivity contribution in [2.75, 3.05) is 6.61 Å². The van der Waals surface area contributed by atoms with Crippen LogP contribution in [0, 0.1) is 0 Å². The van der Waals surface area contributed by atoms with Gasteiger partial charge in [-0.2, -0.15) is 0 Å². The zero-order valence-corrected chi connectivity index (χ0v) is 5.52. The van der Waals surface area contributed by atoms with Gasteiger partial charge in [0.15, 0.2) is 0 Å². The molecule has 0 atom stereocenters. The lowest BCUT2D eigenvalue weighted by Gasteiger charge is -2.11. The van der Waals surface area contributed by atoms with Gasteiger partial charge < -0.3 is 10.2 Å². The molecular weight excluding hydrogens is 152 g/mol. The van der Waals surface area contributed by atoms with Crippen molar-refractivity contribution in [2.24, 2.45) is 9.98 Å². The van der Waals surface area contributed by atoms with Gasteiger partial charge in [0.2, 0.25) is 12.2 Å². The molecule has 0 spiro atoms. The van der Waals surface area contributed by atoms with Crippen LogP contribution in [0.5, 0.6) is 0 Å². The summed E-state index contributed by atoms with van der Waals surface area (Å²) in [5.41, 5.74) is 0. The molecule has 11 heavy (non-hydrogen) atoms. The molecule has 6 nitrogen and oxygen atoms in total. The van der Waals surface area contributed by atoms with E-state index < -0.39 is 12.5 Å². The van der Waals surface area contributed by atoms with Crippen molar-refractivity contribution in [3.63, 3.8) is 0 Å². The summed E-state index contributed by atoms with van der Waals surface area (Å²) in [7, 11) is 0. The van der Waals surface area contributed by atoms with Crippen molar-refractivity contribution in [3.05, 3.63) is 0 Å². The maximum Gasteiger partial charge on any atom is 0.278 e. The predicted molar refractivity (Wildman–Crippen MR) is 32.9 cm³/mol. The molecule has 0 aromatic rings. The number of hydrogen-bond acceptors (Lipinski definition) is 6. The van der Waals surface area contributed by atoms with Gasteiger partial charge >= 0.3 is 0 Å². The summed E-state index contributed by atoms with van der Waals surface area (Å²) in [6.07, 6.45) is 1.70. The van der Waals surface area contributed by atoms with Crippen molar-refractivity contribution in [1.82, 2.24) is 0 Å². The molecule has 0 aliphatic rings. The molecule has 0 aromatic heterocycles. The van der Waals surface area contributed by atoms with E-state index in [2.05, 4.69) is 9.98 Å². The van der Waals surface area contributed by atoms with Gasteiger partial charge in [0.05, 0.1) is 0 Å². The Hall–Kier alpha value is -1.32. The van der Waals surface area contributed by atoms with Crippen molar-refractivity contribution in [2.45, 2.75) is 12.3 Å². The predicted octanol–water partition coefficient (Wildman–Crippen LogP) is -1.31. The number of carbonyl (C=O) groups excluding carboxylic acids is 2. The van der Waals surface area contributed by atoms with Gasteiger partial charge in [0, 0.05) is 13.0 Å². The van der Waals surface area contributed by atoms with Gasteiger partial charge in [-0.25, -0.2) is 9.59 Å². The van der Waals surface area contributed by atoms with Crippen molar-refractivity contribution in [1.29, 1.82) is 0 Å². The Labute approximate surface area is 61.9 Å². The molecule has 0 aliphatic carbocycles. The number of rotatable bonds is 4. The number of aliphatic imine (C=N–C) groups is 2. The lowest BCUT2D eigenvalue weighted by Crippen LogP contribution is -2.24. The molecule has 0 bridgehead atoms. The smallest absolute Gasteiger partial charge is 0.278 e. The summed E-state index contributed by atoms with van der Waals surface area (Å²) in [6, 6.07) is 0. The van der Waals surface area contributed by atoms with E-state index in [1.54, 1.807) is 0 Å². The van der Waals surface area contributed by atoms with Gasteiger partial charge in [-0.15, -0.1) is 9.98 Å². The Bertz CT molecular complexity index is 197. The van der Waals surface area contributed by atoms with Crippen molar-refractivity contribution in [3.8, 4) is 0 Å². The monoisotopic (exact) mass is 158 g/mol. The third-order valence-electron chi connectivity index (χ3n) is 0.897. The fourth-order valence-corrected chi connectivity index (χ4v) is 0.433. The zero-order chi connectivity index (χ0) is 8.74. The number of isocyanates is 2. The fraction of sp³-hybridized carbons (Fsp3) is 0.600. The second kappa shape index (κ2) is 4.49. The highest BCUT2D eigenvalue weighted by Crippen LogP contribution is 2.11. The standard InChI is InChI=1S/C5H6N2O4/c8-2-1-5(11,6-3-9)7-4-10/h8,11H,1-2H2. The first-order chi connectivity index (χ1) is 5.18. The second-order valence-electron chi connectivity index (χ2n) is 1.65. The highest BCUT2D eigenvalue weighted by molar-refractivity contribution is 5.37. The minimum atomic E-state index is -2.20. The van der Waals surface area contributed by atoms with Crippen molar-refractivity contribution < 1.29 is 19.8 Å². The summed E-state index contributed by atoms with van der Waals surface area (Å²) >= 11 is 0. The topological polar surface area (TPSA) is 99.3 Å². The van der Waals surface area contributed by atoms with Crippen LogP contribution in [0.3, 0.4) is 0 Å². The highest BCUT2D eigenvalue weighted by atomic mass is 16.3. The fourth-order valence-electron chi connectivity index (χ4n) is 0.433. The summed E-state index contributed by atoms with van der Waals surface area (Å²) in [6.45, 7) is -0.452. The largest absolute Gasteiger partial charge is 0.396 e. The van der Waals surface area contributed by atoms with Gasteiger partial charge in [-0.05, 0) is 0 Å². The minimum absolute atomic E-state index is 0.336. The summed E-state index contributed by atoms with van der Waals surface area (Å²) in [5, 5.41) is 17.3. The molecule has 0 aromatic carbocycles. The molecule has 0 fully saturated rings. The van der Waals surface area contributed by atoms with Gasteiger partial charge in [0.1, 0.15) is 0 Å². The third kappa shape index (κ3) is 3.40. The van der Waals surface area contributed by atoms with Crippen LogP contribution in [-0.2, 0) is 9.59 Å². The number of aliphatic hydroxyl groups excluding tert-OH is 1. The molecule has 0 unspecified atom stereocenters.